The lowest BCUT2D eigenvalue weighted by molar-refractivity contribution is -0.127. The number of rotatable bonds is 10. The molecule has 2 amide bonds. The summed E-state index contributed by atoms with van der Waals surface area (Å²) in [7, 11) is 0. The first-order valence-electron chi connectivity index (χ1n) is 11.9. The van der Waals surface area contributed by atoms with Crippen LogP contribution in [0.5, 0.6) is 0 Å². The van der Waals surface area contributed by atoms with Crippen molar-refractivity contribution in [2.24, 2.45) is 0 Å². The molecule has 0 spiro atoms. The van der Waals surface area contributed by atoms with Crippen LogP contribution in [0, 0.1) is 0 Å². The number of amides is 2. The van der Waals surface area contributed by atoms with E-state index in [2.05, 4.69) is 25.7 Å². The van der Waals surface area contributed by atoms with Gasteiger partial charge >= 0.3 is 0 Å². The first-order chi connectivity index (χ1) is 18.1. The third-order valence-corrected chi connectivity index (χ3v) is 6.65. The van der Waals surface area contributed by atoms with Gasteiger partial charge in [-0.05, 0) is 47.3 Å². The number of carbonyl (C=O) groups excluding carboxylic acids is 2. The van der Waals surface area contributed by atoms with E-state index in [-0.39, 0.29) is 24.9 Å². The molecule has 0 aliphatic rings. The van der Waals surface area contributed by atoms with Crippen LogP contribution in [0.3, 0.4) is 0 Å². The van der Waals surface area contributed by atoms with E-state index in [0.717, 1.165) is 15.8 Å². The lowest BCUT2D eigenvalue weighted by Crippen LogP contribution is -2.51. The maximum absolute atomic E-state index is 13.8. The maximum atomic E-state index is 13.8. The topological polar surface area (TPSA) is 119 Å². The van der Waals surface area contributed by atoms with Crippen molar-refractivity contribution in [2.45, 2.75) is 38.9 Å². The number of para-hydroxylation sites is 1. The zero-order valence-electron chi connectivity index (χ0n) is 20.2. The maximum Gasteiger partial charge on any atom is 0.251 e. The Labute approximate surface area is 216 Å². The molecule has 1 atom stereocenters. The minimum Gasteiger partial charge on any atom is -0.467 e. The smallest absolute Gasteiger partial charge is 0.251 e. The van der Waals surface area contributed by atoms with Crippen LogP contribution < -0.4 is 10.2 Å². The second-order valence-electron chi connectivity index (χ2n) is 8.37. The summed E-state index contributed by atoms with van der Waals surface area (Å²) in [6.45, 7) is 2.01. The van der Waals surface area contributed by atoms with E-state index in [0.29, 0.717) is 30.1 Å². The molecule has 1 N–H and O–H groups in total. The number of anilines is 1. The largest absolute Gasteiger partial charge is 0.467 e. The van der Waals surface area contributed by atoms with Gasteiger partial charge in [0.2, 0.25) is 11.7 Å². The third-order valence-electron chi connectivity index (χ3n) is 5.79. The van der Waals surface area contributed by atoms with Crippen LogP contribution in [-0.2, 0) is 22.7 Å². The molecule has 0 saturated heterocycles. The van der Waals surface area contributed by atoms with Crippen molar-refractivity contribution in [1.29, 1.82) is 0 Å². The van der Waals surface area contributed by atoms with E-state index in [1.54, 1.807) is 24.6 Å². The van der Waals surface area contributed by atoms with E-state index in [4.69, 9.17) is 4.42 Å². The number of furan rings is 1. The monoisotopic (exact) mass is 515 g/mol. The molecule has 5 aromatic rings. The molecule has 0 fully saturated rings. The van der Waals surface area contributed by atoms with Gasteiger partial charge in [-0.15, -0.1) is 21.5 Å². The summed E-state index contributed by atoms with van der Waals surface area (Å²) < 4.78 is 5.35. The number of pyridine rings is 1. The molecule has 0 radical (unpaired) electrons. The van der Waals surface area contributed by atoms with Crippen molar-refractivity contribution in [3.8, 4) is 10.7 Å². The summed E-state index contributed by atoms with van der Waals surface area (Å²) in [5.74, 6) is 0.439. The van der Waals surface area contributed by atoms with Gasteiger partial charge in [0.05, 0.1) is 35.1 Å². The van der Waals surface area contributed by atoms with Gasteiger partial charge in [-0.1, -0.05) is 37.6 Å². The van der Waals surface area contributed by atoms with Gasteiger partial charge in [0.15, 0.2) is 0 Å². The summed E-state index contributed by atoms with van der Waals surface area (Å²) in [5, 5.41) is 18.2. The SMILES string of the molecule is CCC[C@H](C(=O)NCc1ccco1)N(C(=O)Cn1nnc(-c2cccs2)n1)c1cnc2ccccc2c1. The minimum atomic E-state index is -0.768. The lowest BCUT2D eigenvalue weighted by atomic mass is 10.1. The number of aromatic nitrogens is 5. The molecule has 10 nitrogen and oxygen atoms in total. The third kappa shape index (κ3) is 5.56. The summed E-state index contributed by atoms with van der Waals surface area (Å²) in [6, 6.07) is 16.1. The summed E-state index contributed by atoms with van der Waals surface area (Å²) in [4.78, 5) is 35.3. The first kappa shape index (κ1) is 24.3. The van der Waals surface area contributed by atoms with Crippen LogP contribution in [0.2, 0.25) is 0 Å². The van der Waals surface area contributed by atoms with Gasteiger partial charge in [0.25, 0.3) is 5.91 Å². The molecule has 4 aromatic heterocycles. The van der Waals surface area contributed by atoms with Gasteiger partial charge in [0.1, 0.15) is 18.3 Å². The highest BCUT2D eigenvalue weighted by Crippen LogP contribution is 2.25. The molecule has 11 heteroatoms. The van der Waals surface area contributed by atoms with Crippen LogP contribution in [0.1, 0.15) is 25.5 Å². The molecule has 0 aliphatic heterocycles. The fraction of sp³-hybridized carbons (Fsp3) is 0.231. The summed E-state index contributed by atoms with van der Waals surface area (Å²) in [6.07, 6.45) is 4.31. The van der Waals surface area contributed by atoms with E-state index >= 15 is 0 Å². The van der Waals surface area contributed by atoms with Gasteiger partial charge in [-0.3, -0.25) is 19.5 Å². The second-order valence-corrected chi connectivity index (χ2v) is 9.32. The zero-order valence-corrected chi connectivity index (χ0v) is 21.0. The average molecular weight is 516 g/mol. The van der Waals surface area contributed by atoms with E-state index < -0.39 is 6.04 Å². The van der Waals surface area contributed by atoms with E-state index in [9.17, 15) is 9.59 Å². The molecule has 0 bridgehead atoms. The van der Waals surface area contributed by atoms with E-state index in [1.165, 1.54) is 21.0 Å². The Morgan fingerprint density at radius 3 is 2.84 bits per heavy atom. The molecule has 37 heavy (non-hydrogen) atoms. The molecule has 5 rings (SSSR count). The molecule has 188 valence electrons. The normalized spacial score (nSPS) is 11.9. The van der Waals surface area contributed by atoms with Crippen LogP contribution >= 0.6 is 11.3 Å². The second kappa shape index (κ2) is 11.1. The number of carbonyl (C=O) groups is 2. The average Bonchev–Trinajstić information content (AvgIpc) is 3.70. The van der Waals surface area contributed by atoms with Gasteiger partial charge in [0, 0.05) is 5.39 Å². The Hall–Kier alpha value is -4.38. The predicted octanol–water partition coefficient (Wildman–Crippen LogP) is 4.06. The standard InChI is InChI=1S/C26H25N7O3S/c1-2-7-22(26(35)28-16-20-9-5-12-36-20)33(19-14-18-8-3-4-10-21(18)27-15-19)24(34)17-32-30-25(29-31-32)23-11-6-13-37-23/h3-6,8-15,22H,2,7,16-17H2,1H3,(H,28,35)/t22-/m1/s1. The van der Waals surface area contributed by atoms with E-state index in [1.807, 2.05) is 54.8 Å². The van der Waals surface area contributed by atoms with Gasteiger partial charge < -0.3 is 9.73 Å². The van der Waals surface area contributed by atoms with Crippen molar-refractivity contribution in [1.82, 2.24) is 30.5 Å². The number of tetrazole rings is 1. The molecule has 0 aliphatic carbocycles. The Balaban J connectivity index is 1.46. The van der Waals surface area contributed by atoms with Crippen LogP contribution in [0.15, 0.2) is 76.9 Å². The van der Waals surface area contributed by atoms with Crippen molar-refractivity contribution in [3.05, 3.63) is 78.2 Å². The molecule has 0 unspecified atom stereocenters. The molecule has 0 saturated carbocycles. The van der Waals surface area contributed by atoms with Crippen molar-refractivity contribution in [2.75, 3.05) is 4.90 Å². The molecular weight excluding hydrogens is 490 g/mol. The lowest BCUT2D eigenvalue weighted by Gasteiger charge is -2.30. The van der Waals surface area contributed by atoms with Crippen LogP contribution in [0.25, 0.3) is 21.6 Å². The Bertz CT molecular complexity index is 1480. The highest BCUT2D eigenvalue weighted by Gasteiger charge is 2.31. The van der Waals surface area contributed by atoms with Crippen molar-refractivity contribution in [3.63, 3.8) is 0 Å². The summed E-state index contributed by atoms with van der Waals surface area (Å²) in [5.41, 5.74) is 1.32. The Morgan fingerprint density at radius 1 is 1.16 bits per heavy atom. The van der Waals surface area contributed by atoms with Crippen LogP contribution in [0.4, 0.5) is 5.69 Å². The molecule has 1 aromatic carbocycles. The van der Waals surface area contributed by atoms with Crippen LogP contribution in [-0.4, -0.2) is 43.0 Å². The number of fused-ring (bicyclic) bond motifs is 1. The number of nitrogens with one attached hydrogen (secondary N) is 1. The van der Waals surface area contributed by atoms with Gasteiger partial charge in [-0.2, -0.15) is 4.80 Å². The number of hydrogen-bond acceptors (Lipinski definition) is 8. The molecular formula is C26H25N7O3S. The number of benzene rings is 1. The summed E-state index contributed by atoms with van der Waals surface area (Å²) >= 11 is 1.49. The predicted molar refractivity (Wildman–Crippen MR) is 140 cm³/mol. The van der Waals surface area contributed by atoms with Gasteiger partial charge in [-0.25, -0.2) is 0 Å². The Morgan fingerprint density at radius 2 is 2.05 bits per heavy atom. The number of nitrogens with zero attached hydrogens (tertiary/aromatic N) is 6. The minimum absolute atomic E-state index is 0.184. The first-order valence-corrected chi connectivity index (χ1v) is 12.8. The highest BCUT2D eigenvalue weighted by atomic mass is 32.1. The van der Waals surface area contributed by atoms with Crippen molar-refractivity contribution < 1.29 is 14.0 Å². The Kier molecular flexibility index (Phi) is 7.31. The zero-order chi connectivity index (χ0) is 25.6. The fourth-order valence-corrected chi connectivity index (χ4v) is 4.70. The van der Waals surface area contributed by atoms with Crippen molar-refractivity contribution >= 4 is 39.7 Å². The highest BCUT2D eigenvalue weighted by molar-refractivity contribution is 7.13. The number of thiophene rings is 1. The fourth-order valence-electron chi connectivity index (χ4n) is 4.06. The quantitative estimate of drug-likeness (QED) is 0.298. The number of hydrogen-bond donors (Lipinski definition) is 1. The molecule has 4 heterocycles.